The van der Waals surface area contributed by atoms with Crippen molar-refractivity contribution >= 4 is 11.5 Å². The average molecular weight is 274 g/mol. The van der Waals surface area contributed by atoms with Crippen LogP contribution in [0.15, 0.2) is 29.3 Å². The summed E-state index contributed by atoms with van der Waals surface area (Å²) >= 11 is 0. The van der Waals surface area contributed by atoms with E-state index in [1.165, 1.54) is 11.3 Å². The molecule has 0 bridgehead atoms. The summed E-state index contributed by atoms with van der Waals surface area (Å²) in [6.45, 7) is 10.4. The normalized spacial score (nSPS) is 14.8. The molecule has 1 aromatic carbocycles. The van der Waals surface area contributed by atoms with Gasteiger partial charge in [-0.2, -0.15) is 0 Å². The maximum atomic E-state index is 4.71. The highest BCUT2D eigenvalue weighted by atomic mass is 15.2. The minimum absolute atomic E-state index is 0.846. The fourth-order valence-corrected chi connectivity index (χ4v) is 2.55. The molecule has 1 aliphatic heterocycles. The van der Waals surface area contributed by atoms with Crippen molar-refractivity contribution in [3.05, 3.63) is 29.8 Å². The molecule has 0 atom stereocenters. The molecule has 0 saturated carbocycles. The quantitative estimate of drug-likeness (QED) is 0.888. The van der Waals surface area contributed by atoms with Gasteiger partial charge in [-0.25, -0.2) is 0 Å². The summed E-state index contributed by atoms with van der Waals surface area (Å²) in [5.41, 5.74) is 2.48. The molecule has 0 fully saturated rings. The first-order valence-electron chi connectivity index (χ1n) is 7.57. The van der Waals surface area contributed by atoms with Crippen molar-refractivity contribution in [1.82, 2.24) is 10.2 Å². The van der Waals surface area contributed by atoms with Gasteiger partial charge < -0.3 is 15.1 Å². The Morgan fingerprint density at radius 3 is 2.75 bits per heavy atom. The van der Waals surface area contributed by atoms with Gasteiger partial charge in [-0.15, -0.1) is 0 Å². The molecule has 0 aliphatic carbocycles. The van der Waals surface area contributed by atoms with Crippen LogP contribution in [0.4, 0.5) is 5.69 Å². The van der Waals surface area contributed by atoms with E-state index < -0.39 is 0 Å². The average Bonchev–Trinajstić information content (AvgIpc) is 2.64. The van der Waals surface area contributed by atoms with E-state index in [1.54, 1.807) is 0 Å². The van der Waals surface area contributed by atoms with Crippen molar-refractivity contribution < 1.29 is 0 Å². The van der Waals surface area contributed by atoms with E-state index in [-0.39, 0.29) is 0 Å². The summed E-state index contributed by atoms with van der Waals surface area (Å²) in [6, 6.07) is 8.50. The van der Waals surface area contributed by atoms with Crippen LogP contribution in [-0.4, -0.2) is 57.1 Å². The van der Waals surface area contributed by atoms with E-state index in [0.29, 0.717) is 0 Å². The maximum Gasteiger partial charge on any atom is 0.130 e. The summed E-state index contributed by atoms with van der Waals surface area (Å²) in [7, 11) is 2.13. The second-order valence-electron chi connectivity index (χ2n) is 5.12. The van der Waals surface area contributed by atoms with Crippen LogP contribution in [0.3, 0.4) is 0 Å². The second-order valence-corrected chi connectivity index (χ2v) is 5.12. The van der Waals surface area contributed by atoms with Crippen LogP contribution in [0.2, 0.25) is 0 Å². The molecular formula is C16H26N4. The zero-order valence-corrected chi connectivity index (χ0v) is 12.9. The van der Waals surface area contributed by atoms with E-state index in [9.17, 15) is 0 Å². The first-order valence-corrected chi connectivity index (χ1v) is 7.57. The van der Waals surface area contributed by atoms with Crippen LogP contribution in [-0.2, 0) is 0 Å². The lowest BCUT2D eigenvalue weighted by molar-refractivity contribution is 0.308. The Morgan fingerprint density at radius 2 is 2.00 bits per heavy atom. The van der Waals surface area contributed by atoms with Crippen LogP contribution < -0.4 is 10.2 Å². The van der Waals surface area contributed by atoms with Crippen molar-refractivity contribution in [1.29, 1.82) is 0 Å². The van der Waals surface area contributed by atoms with Gasteiger partial charge >= 0.3 is 0 Å². The SMILES string of the molecule is CCN(CC)CCNC1=NCCN(C)c2ccccc21. The highest BCUT2D eigenvalue weighted by Crippen LogP contribution is 2.21. The number of likely N-dealkylation sites (N-methyl/N-ethyl adjacent to an activating group) is 2. The van der Waals surface area contributed by atoms with Crippen LogP contribution in [0.25, 0.3) is 0 Å². The van der Waals surface area contributed by atoms with E-state index in [0.717, 1.165) is 45.1 Å². The van der Waals surface area contributed by atoms with E-state index in [4.69, 9.17) is 4.99 Å². The Morgan fingerprint density at radius 1 is 1.25 bits per heavy atom. The largest absolute Gasteiger partial charge is 0.372 e. The van der Waals surface area contributed by atoms with Crippen molar-refractivity contribution in [2.24, 2.45) is 4.99 Å². The fraction of sp³-hybridized carbons (Fsp3) is 0.562. The van der Waals surface area contributed by atoms with Crippen molar-refractivity contribution in [3.63, 3.8) is 0 Å². The monoisotopic (exact) mass is 274 g/mol. The van der Waals surface area contributed by atoms with Crippen LogP contribution >= 0.6 is 0 Å². The standard InChI is InChI=1S/C16H26N4/c1-4-20(5-2)13-11-18-16-14-8-6-7-9-15(14)19(3)12-10-17-16/h6-9H,4-5,10-13H2,1-3H3,(H,17,18). The molecule has 0 amide bonds. The van der Waals surface area contributed by atoms with Gasteiger partial charge in [0.25, 0.3) is 0 Å². The number of nitrogens with zero attached hydrogens (tertiary/aromatic N) is 3. The smallest absolute Gasteiger partial charge is 0.130 e. The van der Waals surface area contributed by atoms with E-state index in [2.05, 4.69) is 60.3 Å². The van der Waals surface area contributed by atoms with Crippen molar-refractivity contribution in [2.75, 3.05) is 51.2 Å². The van der Waals surface area contributed by atoms with Crippen LogP contribution in [0, 0.1) is 0 Å². The molecule has 0 saturated heterocycles. The second kappa shape index (κ2) is 7.29. The molecule has 0 aromatic heterocycles. The highest BCUT2D eigenvalue weighted by Gasteiger charge is 2.15. The van der Waals surface area contributed by atoms with Crippen molar-refractivity contribution in [3.8, 4) is 0 Å². The molecule has 0 unspecified atom stereocenters. The molecular weight excluding hydrogens is 248 g/mol. The third-order valence-electron chi connectivity index (χ3n) is 3.89. The van der Waals surface area contributed by atoms with Gasteiger partial charge in [-0.05, 0) is 25.2 Å². The summed E-state index contributed by atoms with van der Waals surface area (Å²) in [4.78, 5) is 9.40. The number of nitrogens with one attached hydrogen (secondary N) is 1. The summed E-state index contributed by atoms with van der Waals surface area (Å²) in [6.07, 6.45) is 0. The van der Waals surface area contributed by atoms with Gasteiger partial charge in [-0.1, -0.05) is 26.0 Å². The highest BCUT2D eigenvalue weighted by molar-refractivity contribution is 6.04. The molecule has 1 N–H and O–H groups in total. The Bertz CT molecular complexity index is 452. The lowest BCUT2D eigenvalue weighted by Crippen LogP contribution is -2.35. The summed E-state index contributed by atoms with van der Waals surface area (Å²) in [5.74, 6) is 1.04. The predicted octanol–water partition coefficient (Wildman–Crippen LogP) is 1.81. The van der Waals surface area contributed by atoms with Gasteiger partial charge in [-0.3, -0.25) is 4.99 Å². The van der Waals surface area contributed by atoms with Gasteiger partial charge in [0.15, 0.2) is 0 Å². The van der Waals surface area contributed by atoms with Gasteiger partial charge in [0.2, 0.25) is 0 Å². The minimum atomic E-state index is 0.846. The number of benzene rings is 1. The van der Waals surface area contributed by atoms with Gasteiger partial charge in [0.1, 0.15) is 5.84 Å². The number of amidine groups is 1. The molecule has 4 heteroatoms. The number of hydrogen-bond acceptors (Lipinski definition) is 4. The molecule has 0 spiro atoms. The van der Waals surface area contributed by atoms with Gasteiger partial charge in [0.05, 0.1) is 6.54 Å². The predicted molar refractivity (Wildman–Crippen MR) is 86.9 cm³/mol. The molecule has 0 radical (unpaired) electrons. The van der Waals surface area contributed by atoms with Gasteiger partial charge in [0, 0.05) is 37.9 Å². The molecule has 1 aromatic rings. The van der Waals surface area contributed by atoms with E-state index >= 15 is 0 Å². The summed E-state index contributed by atoms with van der Waals surface area (Å²) in [5, 5.41) is 3.52. The first kappa shape index (κ1) is 14.9. The topological polar surface area (TPSA) is 30.9 Å². The third-order valence-corrected chi connectivity index (χ3v) is 3.89. The molecule has 1 heterocycles. The number of fused-ring (bicyclic) bond motifs is 1. The summed E-state index contributed by atoms with van der Waals surface area (Å²) < 4.78 is 0. The number of benzodiazepines with no additional fused rings is 1. The van der Waals surface area contributed by atoms with Crippen LogP contribution in [0.1, 0.15) is 19.4 Å². The molecule has 1 aliphatic rings. The third kappa shape index (κ3) is 3.51. The molecule has 2 rings (SSSR count). The van der Waals surface area contributed by atoms with Crippen molar-refractivity contribution in [2.45, 2.75) is 13.8 Å². The van der Waals surface area contributed by atoms with Crippen LogP contribution in [0.5, 0.6) is 0 Å². The zero-order chi connectivity index (χ0) is 14.4. The lowest BCUT2D eigenvalue weighted by atomic mass is 10.1. The minimum Gasteiger partial charge on any atom is -0.372 e. The Hall–Kier alpha value is -1.55. The lowest BCUT2D eigenvalue weighted by Gasteiger charge is -2.21. The fourth-order valence-electron chi connectivity index (χ4n) is 2.55. The number of rotatable bonds is 5. The Labute approximate surface area is 122 Å². The molecule has 4 nitrogen and oxygen atoms in total. The number of para-hydroxylation sites is 1. The number of hydrogen-bond donors (Lipinski definition) is 1. The van der Waals surface area contributed by atoms with E-state index in [1.807, 2.05) is 0 Å². The first-order chi connectivity index (χ1) is 9.76. The number of anilines is 1. The maximum absolute atomic E-state index is 4.71. The molecule has 20 heavy (non-hydrogen) atoms. The number of aliphatic imine (C=N–C) groups is 1. The molecule has 110 valence electrons. The zero-order valence-electron chi connectivity index (χ0n) is 12.9. The Kier molecular flexibility index (Phi) is 5.41. The Balaban J connectivity index is 2.04.